The Morgan fingerprint density at radius 3 is 2.50 bits per heavy atom. The number of benzene rings is 1. The third kappa shape index (κ3) is 5.69. The molecular formula is C8H10KNS2. The maximum Gasteiger partial charge on any atom is 1.00 e. The Bertz CT molecular complexity index is 243. The molecule has 12 heavy (non-hydrogen) atoms. The summed E-state index contributed by atoms with van der Waals surface area (Å²) >= 11 is 6.23. The molecule has 1 nitrogen and oxygen atoms in total. The van der Waals surface area contributed by atoms with Gasteiger partial charge in [0.25, 0.3) is 0 Å². The van der Waals surface area contributed by atoms with E-state index >= 15 is 0 Å². The zero-order chi connectivity index (χ0) is 8.10. The van der Waals surface area contributed by atoms with E-state index in [4.69, 9.17) is 18.0 Å². The van der Waals surface area contributed by atoms with Crippen LogP contribution in [0.2, 0.25) is 0 Å². The predicted molar refractivity (Wildman–Crippen MR) is 55.6 cm³/mol. The van der Waals surface area contributed by atoms with Crippen molar-refractivity contribution in [2.45, 2.75) is 5.75 Å². The molecule has 4 heteroatoms. The van der Waals surface area contributed by atoms with Crippen molar-refractivity contribution in [2.75, 3.05) is 0 Å². The van der Waals surface area contributed by atoms with Crippen molar-refractivity contribution in [3.05, 3.63) is 35.9 Å². The van der Waals surface area contributed by atoms with Gasteiger partial charge in [-0.05, 0) is 5.56 Å². The molecule has 0 spiro atoms. The molecule has 1 rings (SSSR count). The van der Waals surface area contributed by atoms with Gasteiger partial charge in [-0.25, -0.2) is 0 Å². The number of nitrogens with two attached hydrogens (primary N) is 1. The Morgan fingerprint density at radius 1 is 1.42 bits per heavy atom. The third-order valence-electron chi connectivity index (χ3n) is 1.22. The van der Waals surface area contributed by atoms with E-state index in [9.17, 15) is 0 Å². The second kappa shape index (κ2) is 7.50. The summed E-state index contributed by atoms with van der Waals surface area (Å²) in [7, 11) is 0. The normalized spacial score (nSPS) is 8.67. The number of thioether (sulfide) groups is 1. The Balaban J connectivity index is 0. The molecule has 0 amide bonds. The molecule has 0 unspecified atom stereocenters. The summed E-state index contributed by atoms with van der Waals surface area (Å²) in [4.78, 5) is 0. The molecule has 0 aliphatic rings. The largest absolute Gasteiger partial charge is 1.00 e. The van der Waals surface area contributed by atoms with E-state index in [2.05, 4.69) is 12.1 Å². The van der Waals surface area contributed by atoms with Crippen LogP contribution in [0.3, 0.4) is 0 Å². The van der Waals surface area contributed by atoms with Crippen LogP contribution < -0.4 is 57.1 Å². The quantitative estimate of drug-likeness (QED) is 0.529. The first-order valence-corrected chi connectivity index (χ1v) is 4.64. The smallest absolute Gasteiger partial charge is 1.00 e. The Kier molecular flexibility index (Phi) is 8.18. The Morgan fingerprint density at radius 2 is 2.00 bits per heavy atom. The Labute approximate surface area is 126 Å². The van der Waals surface area contributed by atoms with Crippen LogP contribution >= 0.6 is 24.0 Å². The maximum absolute atomic E-state index is 5.33. The van der Waals surface area contributed by atoms with Gasteiger partial charge in [-0.2, -0.15) is 0 Å². The van der Waals surface area contributed by atoms with Gasteiger partial charge in [0.15, 0.2) is 0 Å². The van der Waals surface area contributed by atoms with Crippen molar-refractivity contribution >= 4 is 28.3 Å². The van der Waals surface area contributed by atoms with Crippen LogP contribution in [0.4, 0.5) is 0 Å². The maximum atomic E-state index is 5.33. The molecule has 0 heterocycles. The van der Waals surface area contributed by atoms with Crippen LogP contribution in [-0.2, 0) is 5.75 Å². The molecule has 1 aromatic carbocycles. The van der Waals surface area contributed by atoms with Crippen molar-refractivity contribution < 1.29 is 52.8 Å². The van der Waals surface area contributed by atoms with Crippen LogP contribution in [-0.4, -0.2) is 4.32 Å². The predicted octanol–water partition coefficient (Wildman–Crippen LogP) is -0.720. The molecule has 0 aromatic heterocycles. The zero-order valence-electron chi connectivity index (χ0n) is 7.99. The molecule has 2 N–H and O–H groups in total. The first-order chi connectivity index (χ1) is 5.29. The summed E-state index contributed by atoms with van der Waals surface area (Å²) in [5.74, 6) is 0.871. The number of hydrogen-bond donors (Lipinski definition) is 1. The average Bonchev–Trinajstić information content (AvgIpc) is 2.03. The molecule has 0 bridgehead atoms. The summed E-state index contributed by atoms with van der Waals surface area (Å²) < 4.78 is 0.508. The van der Waals surface area contributed by atoms with E-state index in [0.29, 0.717) is 4.32 Å². The van der Waals surface area contributed by atoms with Gasteiger partial charge >= 0.3 is 51.4 Å². The van der Waals surface area contributed by atoms with Gasteiger partial charge in [-0.15, -0.1) is 0 Å². The minimum atomic E-state index is 0. The van der Waals surface area contributed by atoms with Crippen molar-refractivity contribution in [1.82, 2.24) is 0 Å². The second-order valence-corrected chi connectivity index (χ2v) is 3.81. The first-order valence-electron chi connectivity index (χ1n) is 3.25. The topological polar surface area (TPSA) is 26.0 Å². The van der Waals surface area contributed by atoms with Gasteiger partial charge in [-0.1, -0.05) is 54.3 Å². The minimum absolute atomic E-state index is 0. The molecular weight excluding hydrogens is 213 g/mol. The van der Waals surface area contributed by atoms with E-state index in [1.807, 2.05) is 18.2 Å². The average molecular weight is 223 g/mol. The zero-order valence-corrected chi connectivity index (χ0v) is 11.7. The monoisotopic (exact) mass is 223 g/mol. The van der Waals surface area contributed by atoms with Crippen LogP contribution in [0.25, 0.3) is 0 Å². The van der Waals surface area contributed by atoms with Gasteiger partial charge in [-0.3, -0.25) is 0 Å². The summed E-state index contributed by atoms with van der Waals surface area (Å²) in [6, 6.07) is 10.1. The molecule has 0 fully saturated rings. The Hall–Kier alpha value is 1.10. The van der Waals surface area contributed by atoms with E-state index in [1.165, 1.54) is 17.3 Å². The fraction of sp³-hybridized carbons (Fsp3) is 0.125. The molecule has 0 aliphatic carbocycles. The van der Waals surface area contributed by atoms with Crippen LogP contribution in [0.15, 0.2) is 30.3 Å². The minimum Gasteiger partial charge on any atom is -1.00 e. The van der Waals surface area contributed by atoms with Crippen molar-refractivity contribution in [3.63, 3.8) is 0 Å². The van der Waals surface area contributed by atoms with Crippen molar-refractivity contribution in [1.29, 1.82) is 0 Å². The molecule has 0 saturated heterocycles. The van der Waals surface area contributed by atoms with Gasteiger partial charge in [0.1, 0.15) is 4.32 Å². The molecule has 0 aliphatic heterocycles. The number of rotatable bonds is 2. The van der Waals surface area contributed by atoms with E-state index in [-0.39, 0.29) is 52.8 Å². The van der Waals surface area contributed by atoms with Gasteiger partial charge in [0, 0.05) is 5.75 Å². The summed E-state index contributed by atoms with van der Waals surface area (Å²) in [6.45, 7) is 0. The number of hydrogen-bond acceptors (Lipinski definition) is 2. The van der Waals surface area contributed by atoms with Gasteiger partial charge in [0.2, 0.25) is 0 Å². The van der Waals surface area contributed by atoms with E-state index in [0.717, 1.165) is 5.75 Å². The van der Waals surface area contributed by atoms with Gasteiger partial charge in [0.05, 0.1) is 0 Å². The molecule has 0 atom stereocenters. The van der Waals surface area contributed by atoms with Gasteiger partial charge < -0.3 is 7.16 Å². The molecule has 1 aromatic rings. The summed E-state index contributed by atoms with van der Waals surface area (Å²) in [5.41, 5.74) is 6.59. The van der Waals surface area contributed by atoms with E-state index < -0.39 is 0 Å². The standard InChI is InChI=1S/C8H9NS2.K.H/c9-8(10)11-6-7-4-2-1-3-5-7;;/h1-5H,6H2,(H2,9,10);;/q;+1;-1. The molecule has 60 valence electrons. The third-order valence-corrected chi connectivity index (χ3v) is 2.34. The first kappa shape index (κ1) is 13.1. The SMILES string of the molecule is NC(=S)SCc1ccccc1.[H-].[K+]. The summed E-state index contributed by atoms with van der Waals surface area (Å²) in [6.07, 6.45) is 0. The fourth-order valence-electron chi connectivity index (χ4n) is 0.729. The van der Waals surface area contributed by atoms with Crippen LogP contribution in [0.1, 0.15) is 6.99 Å². The molecule has 0 saturated carbocycles. The van der Waals surface area contributed by atoms with Crippen LogP contribution in [0.5, 0.6) is 0 Å². The van der Waals surface area contributed by atoms with Crippen molar-refractivity contribution in [2.24, 2.45) is 5.73 Å². The van der Waals surface area contributed by atoms with Crippen LogP contribution in [0, 0.1) is 0 Å². The second-order valence-electron chi connectivity index (χ2n) is 2.09. The van der Waals surface area contributed by atoms with E-state index in [1.54, 1.807) is 0 Å². The summed E-state index contributed by atoms with van der Waals surface area (Å²) in [5, 5.41) is 0. The molecule has 0 radical (unpaired) electrons. The number of thiocarbonyl (C=S) groups is 1. The fourth-order valence-corrected chi connectivity index (χ4v) is 1.41. The van der Waals surface area contributed by atoms with Crippen molar-refractivity contribution in [3.8, 4) is 0 Å².